The average molecular weight is 245 g/mol. The molecule has 0 unspecified atom stereocenters. The van der Waals surface area contributed by atoms with Gasteiger partial charge in [-0.05, 0) is 37.0 Å². The van der Waals surface area contributed by atoms with Gasteiger partial charge in [0.1, 0.15) is 5.69 Å². The van der Waals surface area contributed by atoms with Gasteiger partial charge in [-0.3, -0.25) is 0 Å². The van der Waals surface area contributed by atoms with Crippen molar-refractivity contribution < 1.29 is 9.90 Å². The van der Waals surface area contributed by atoms with Gasteiger partial charge in [0.05, 0.1) is 0 Å². The highest BCUT2D eigenvalue weighted by Crippen LogP contribution is 2.32. The van der Waals surface area contributed by atoms with Gasteiger partial charge < -0.3 is 9.67 Å². The molecule has 0 atom stereocenters. The van der Waals surface area contributed by atoms with E-state index in [-0.39, 0.29) is 5.92 Å². The lowest BCUT2D eigenvalue weighted by molar-refractivity contribution is 0.0684. The Morgan fingerprint density at radius 3 is 2.56 bits per heavy atom. The maximum Gasteiger partial charge on any atom is 0.352 e. The molecular weight excluding hydrogens is 226 g/mol. The Kier molecular flexibility index (Phi) is 3.16. The second kappa shape index (κ2) is 4.48. The van der Waals surface area contributed by atoms with E-state index in [1.165, 1.54) is 0 Å². The van der Waals surface area contributed by atoms with E-state index in [2.05, 4.69) is 6.07 Å². The molecule has 2 rings (SSSR count). The van der Waals surface area contributed by atoms with E-state index in [1.54, 1.807) is 0 Å². The molecule has 96 valence electrons. The molecule has 0 saturated carbocycles. The van der Waals surface area contributed by atoms with E-state index >= 15 is 0 Å². The molecule has 1 N–H and O–H groups in total. The standard InChI is InChI=1S/C15H19NO2/c1-5-16-12-8-10(4)6-7-11(12)13(9(2)3)14(16)15(17)18/h6-9H,5H2,1-4H3,(H,17,18). The van der Waals surface area contributed by atoms with Crippen LogP contribution in [0.1, 0.15) is 48.3 Å². The summed E-state index contributed by atoms with van der Waals surface area (Å²) >= 11 is 0. The number of carboxylic acids is 1. The first-order chi connectivity index (χ1) is 8.47. The van der Waals surface area contributed by atoms with Crippen LogP contribution < -0.4 is 0 Å². The number of hydrogen-bond donors (Lipinski definition) is 1. The molecule has 0 fully saturated rings. The topological polar surface area (TPSA) is 42.2 Å². The molecule has 3 heteroatoms. The van der Waals surface area contributed by atoms with E-state index in [0.29, 0.717) is 12.2 Å². The molecule has 0 saturated heterocycles. The third-order valence-electron chi connectivity index (χ3n) is 3.36. The van der Waals surface area contributed by atoms with Gasteiger partial charge in [-0.2, -0.15) is 0 Å². The highest BCUT2D eigenvalue weighted by Gasteiger charge is 2.23. The minimum atomic E-state index is -0.839. The van der Waals surface area contributed by atoms with Crippen LogP contribution in [0.4, 0.5) is 0 Å². The molecule has 0 bridgehead atoms. The molecule has 0 spiro atoms. The summed E-state index contributed by atoms with van der Waals surface area (Å²) in [5, 5.41) is 10.5. The first-order valence-electron chi connectivity index (χ1n) is 6.33. The van der Waals surface area contributed by atoms with Crippen LogP contribution in [0.15, 0.2) is 18.2 Å². The van der Waals surface area contributed by atoms with Crippen molar-refractivity contribution in [2.75, 3.05) is 0 Å². The Morgan fingerprint density at radius 2 is 2.06 bits per heavy atom. The minimum Gasteiger partial charge on any atom is -0.477 e. The van der Waals surface area contributed by atoms with E-state index in [4.69, 9.17) is 0 Å². The number of carboxylic acid groups (broad SMARTS) is 1. The van der Waals surface area contributed by atoms with Gasteiger partial charge in [0.15, 0.2) is 0 Å². The van der Waals surface area contributed by atoms with Crippen molar-refractivity contribution in [1.82, 2.24) is 4.57 Å². The normalized spacial score (nSPS) is 11.4. The Hall–Kier alpha value is -1.77. The van der Waals surface area contributed by atoms with Crippen molar-refractivity contribution in [3.63, 3.8) is 0 Å². The number of aromatic nitrogens is 1. The number of carbonyl (C=O) groups is 1. The molecule has 1 aromatic heterocycles. The van der Waals surface area contributed by atoms with Crippen molar-refractivity contribution in [3.8, 4) is 0 Å². The summed E-state index contributed by atoms with van der Waals surface area (Å²) in [5.74, 6) is -0.636. The predicted molar refractivity (Wildman–Crippen MR) is 73.4 cm³/mol. The predicted octanol–water partition coefficient (Wildman–Crippen LogP) is 3.79. The Balaban J connectivity index is 2.94. The Bertz CT molecular complexity index is 608. The SMILES string of the molecule is CCn1c(C(=O)O)c(C(C)C)c2ccc(C)cc21. The smallest absolute Gasteiger partial charge is 0.352 e. The number of nitrogens with zero attached hydrogens (tertiary/aromatic N) is 1. The molecule has 1 aromatic carbocycles. The monoisotopic (exact) mass is 245 g/mol. The third kappa shape index (κ3) is 1.80. The van der Waals surface area contributed by atoms with Gasteiger partial charge in [0.25, 0.3) is 0 Å². The summed E-state index contributed by atoms with van der Waals surface area (Å²) in [6.45, 7) is 8.77. The van der Waals surface area contributed by atoms with E-state index < -0.39 is 5.97 Å². The molecule has 0 aliphatic carbocycles. The number of rotatable bonds is 3. The van der Waals surface area contributed by atoms with Crippen LogP contribution in [0.5, 0.6) is 0 Å². The van der Waals surface area contributed by atoms with Gasteiger partial charge in [-0.15, -0.1) is 0 Å². The number of aromatic carboxylic acids is 1. The molecule has 0 aliphatic heterocycles. The summed E-state index contributed by atoms with van der Waals surface area (Å²) in [7, 11) is 0. The average Bonchev–Trinajstić information content (AvgIpc) is 2.62. The van der Waals surface area contributed by atoms with Crippen molar-refractivity contribution in [2.24, 2.45) is 0 Å². The van der Waals surface area contributed by atoms with Crippen LogP contribution in [0.3, 0.4) is 0 Å². The van der Waals surface area contributed by atoms with Gasteiger partial charge in [0.2, 0.25) is 0 Å². The minimum absolute atomic E-state index is 0.203. The highest BCUT2D eigenvalue weighted by atomic mass is 16.4. The van der Waals surface area contributed by atoms with Crippen molar-refractivity contribution in [1.29, 1.82) is 0 Å². The zero-order valence-electron chi connectivity index (χ0n) is 11.3. The summed E-state index contributed by atoms with van der Waals surface area (Å²) in [4.78, 5) is 11.5. The van der Waals surface area contributed by atoms with Crippen LogP contribution in [-0.2, 0) is 6.54 Å². The summed E-state index contributed by atoms with van der Waals surface area (Å²) in [6, 6.07) is 6.15. The molecule has 3 nitrogen and oxygen atoms in total. The fraction of sp³-hybridized carbons (Fsp3) is 0.400. The van der Waals surface area contributed by atoms with Crippen LogP contribution in [0.25, 0.3) is 10.9 Å². The Labute approximate surface area is 107 Å². The zero-order chi connectivity index (χ0) is 13.4. The van der Waals surface area contributed by atoms with E-state index in [0.717, 1.165) is 22.0 Å². The number of hydrogen-bond acceptors (Lipinski definition) is 1. The summed E-state index contributed by atoms with van der Waals surface area (Å²) in [5.41, 5.74) is 3.56. The lowest BCUT2D eigenvalue weighted by atomic mass is 9.99. The molecule has 2 aromatic rings. The van der Waals surface area contributed by atoms with Crippen molar-refractivity contribution in [2.45, 2.75) is 40.2 Å². The second-order valence-electron chi connectivity index (χ2n) is 4.99. The summed E-state index contributed by atoms with van der Waals surface area (Å²) in [6.07, 6.45) is 0. The first-order valence-corrected chi connectivity index (χ1v) is 6.33. The molecular formula is C15H19NO2. The van der Waals surface area contributed by atoms with Crippen LogP contribution >= 0.6 is 0 Å². The second-order valence-corrected chi connectivity index (χ2v) is 4.99. The summed E-state index contributed by atoms with van der Waals surface area (Å²) < 4.78 is 1.90. The van der Waals surface area contributed by atoms with Crippen LogP contribution in [0.2, 0.25) is 0 Å². The van der Waals surface area contributed by atoms with Crippen LogP contribution in [0, 0.1) is 6.92 Å². The fourth-order valence-electron chi connectivity index (χ4n) is 2.63. The molecule has 0 radical (unpaired) electrons. The van der Waals surface area contributed by atoms with Crippen LogP contribution in [-0.4, -0.2) is 15.6 Å². The highest BCUT2D eigenvalue weighted by molar-refractivity contribution is 5.98. The third-order valence-corrected chi connectivity index (χ3v) is 3.36. The van der Waals surface area contributed by atoms with Crippen molar-refractivity contribution in [3.05, 3.63) is 35.0 Å². The number of aryl methyl sites for hydroxylation is 2. The zero-order valence-corrected chi connectivity index (χ0v) is 11.3. The van der Waals surface area contributed by atoms with E-state index in [9.17, 15) is 9.90 Å². The Morgan fingerprint density at radius 1 is 1.39 bits per heavy atom. The molecule has 0 aliphatic rings. The maximum atomic E-state index is 11.5. The van der Waals surface area contributed by atoms with Gasteiger partial charge in [0, 0.05) is 17.4 Å². The lowest BCUT2D eigenvalue weighted by Gasteiger charge is -2.07. The largest absolute Gasteiger partial charge is 0.477 e. The first kappa shape index (κ1) is 12.7. The van der Waals surface area contributed by atoms with E-state index in [1.807, 2.05) is 44.4 Å². The maximum absolute atomic E-state index is 11.5. The molecule has 0 amide bonds. The quantitative estimate of drug-likeness (QED) is 0.893. The molecule has 18 heavy (non-hydrogen) atoms. The number of benzene rings is 1. The number of fused-ring (bicyclic) bond motifs is 1. The fourth-order valence-corrected chi connectivity index (χ4v) is 2.63. The van der Waals surface area contributed by atoms with Crippen molar-refractivity contribution >= 4 is 16.9 Å². The molecule has 1 heterocycles. The van der Waals surface area contributed by atoms with Gasteiger partial charge in [-0.25, -0.2) is 4.79 Å². The van der Waals surface area contributed by atoms with Gasteiger partial charge >= 0.3 is 5.97 Å². The lowest BCUT2D eigenvalue weighted by Crippen LogP contribution is -2.10. The van der Waals surface area contributed by atoms with Gasteiger partial charge in [-0.1, -0.05) is 26.0 Å².